The van der Waals surface area contributed by atoms with E-state index in [1.807, 2.05) is 0 Å². The number of halogens is 3. The third kappa shape index (κ3) is 2.86. The Hall–Kier alpha value is -0.440. The molecule has 3 heteroatoms. The highest BCUT2D eigenvalue weighted by Gasteiger charge is 2.39. The van der Waals surface area contributed by atoms with Crippen molar-refractivity contribution >= 4 is 15.9 Å². The Bertz CT molecular complexity index is 460. The SMILES string of the molecule is Fc1cccc(CC(Br)CC2CC3CCC2C3)c1F. The molecule has 2 aliphatic rings. The molecule has 104 valence electrons. The predicted molar refractivity (Wildman–Crippen MR) is 76.3 cm³/mol. The van der Waals surface area contributed by atoms with Crippen molar-refractivity contribution in [2.45, 2.75) is 43.4 Å². The van der Waals surface area contributed by atoms with E-state index in [1.54, 1.807) is 12.1 Å². The molecular formula is C16H19BrF2. The summed E-state index contributed by atoms with van der Waals surface area (Å²) in [6.45, 7) is 0. The van der Waals surface area contributed by atoms with Gasteiger partial charge in [0.1, 0.15) is 0 Å². The molecule has 0 amide bonds. The minimum absolute atomic E-state index is 0.258. The molecule has 1 aromatic rings. The van der Waals surface area contributed by atoms with Gasteiger partial charge in [-0.2, -0.15) is 0 Å². The summed E-state index contributed by atoms with van der Waals surface area (Å²) in [6, 6.07) is 4.45. The molecule has 1 aromatic carbocycles. The third-order valence-corrected chi connectivity index (χ3v) is 5.61. The van der Waals surface area contributed by atoms with E-state index in [4.69, 9.17) is 0 Å². The fraction of sp³-hybridized carbons (Fsp3) is 0.625. The fourth-order valence-electron chi connectivity index (χ4n) is 4.02. The second-order valence-electron chi connectivity index (χ2n) is 6.18. The lowest BCUT2D eigenvalue weighted by atomic mass is 9.85. The molecule has 0 heterocycles. The first kappa shape index (κ1) is 13.5. The van der Waals surface area contributed by atoms with Crippen LogP contribution in [0, 0.1) is 29.4 Å². The quantitative estimate of drug-likeness (QED) is 0.675. The number of fused-ring (bicyclic) bond motifs is 2. The maximum atomic E-state index is 13.6. The first-order valence-electron chi connectivity index (χ1n) is 7.20. The van der Waals surface area contributed by atoms with Crippen LogP contribution in [0.15, 0.2) is 18.2 Å². The molecule has 0 N–H and O–H groups in total. The van der Waals surface area contributed by atoms with Crippen molar-refractivity contribution in [3.8, 4) is 0 Å². The van der Waals surface area contributed by atoms with Gasteiger partial charge in [-0.1, -0.05) is 34.5 Å². The van der Waals surface area contributed by atoms with Crippen LogP contribution in [-0.2, 0) is 6.42 Å². The average molecular weight is 329 g/mol. The average Bonchev–Trinajstić information content (AvgIpc) is 2.97. The molecule has 3 rings (SSSR count). The van der Waals surface area contributed by atoms with Crippen molar-refractivity contribution in [3.63, 3.8) is 0 Å². The normalized spacial score (nSPS) is 30.8. The first-order valence-corrected chi connectivity index (χ1v) is 8.12. The maximum absolute atomic E-state index is 13.6. The van der Waals surface area contributed by atoms with E-state index >= 15 is 0 Å². The van der Waals surface area contributed by atoms with Gasteiger partial charge in [-0.05, 0) is 61.5 Å². The predicted octanol–water partition coefficient (Wildman–Crippen LogP) is 5.10. The Balaban J connectivity index is 1.59. The summed E-state index contributed by atoms with van der Waals surface area (Å²) in [5.74, 6) is 1.21. The molecule has 19 heavy (non-hydrogen) atoms. The standard InChI is InChI=1S/C16H19BrF2/c17-14(8-12-2-1-3-15(18)16(12)19)9-13-7-10-4-5-11(13)6-10/h1-3,10-11,13-14H,4-9H2. The van der Waals surface area contributed by atoms with Crippen LogP contribution in [0.1, 0.15) is 37.7 Å². The molecule has 0 spiro atoms. The summed E-state index contributed by atoms with van der Waals surface area (Å²) in [7, 11) is 0. The van der Waals surface area contributed by atoms with Crippen LogP contribution in [0.3, 0.4) is 0 Å². The Morgan fingerprint density at radius 1 is 1.21 bits per heavy atom. The summed E-state index contributed by atoms with van der Waals surface area (Å²) in [6.07, 6.45) is 7.21. The lowest BCUT2D eigenvalue weighted by Crippen LogP contribution is -2.17. The van der Waals surface area contributed by atoms with E-state index in [2.05, 4.69) is 15.9 Å². The smallest absolute Gasteiger partial charge is 0.162 e. The van der Waals surface area contributed by atoms with Crippen LogP contribution in [0.5, 0.6) is 0 Å². The van der Waals surface area contributed by atoms with Gasteiger partial charge in [0, 0.05) is 4.83 Å². The molecule has 4 unspecified atom stereocenters. The summed E-state index contributed by atoms with van der Waals surface area (Å²) in [4.78, 5) is 0.258. The zero-order valence-corrected chi connectivity index (χ0v) is 12.5. The van der Waals surface area contributed by atoms with E-state index in [1.165, 1.54) is 31.7 Å². The highest BCUT2D eigenvalue weighted by molar-refractivity contribution is 9.09. The molecule has 0 nitrogen and oxygen atoms in total. The number of hydrogen-bond acceptors (Lipinski definition) is 0. The Kier molecular flexibility index (Phi) is 3.93. The topological polar surface area (TPSA) is 0 Å². The molecule has 4 atom stereocenters. The third-order valence-electron chi connectivity index (χ3n) is 4.92. The van der Waals surface area contributed by atoms with Crippen molar-refractivity contribution < 1.29 is 8.78 Å². The van der Waals surface area contributed by atoms with Gasteiger partial charge >= 0.3 is 0 Å². The molecule has 2 fully saturated rings. The second kappa shape index (κ2) is 5.51. The van der Waals surface area contributed by atoms with Crippen LogP contribution in [0.2, 0.25) is 0 Å². The number of alkyl halides is 1. The molecule has 2 bridgehead atoms. The zero-order valence-electron chi connectivity index (χ0n) is 10.9. The highest BCUT2D eigenvalue weighted by atomic mass is 79.9. The molecule has 0 radical (unpaired) electrons. The van der Waals surface area contributed by atoms with Gasteiger partial charge in [0.25, 0.3) is 0 Å². The number of hydrogen-bond donors (Lipinski definition) is 0. The highest BCUT2D eigenvalue weighted by Crippen LogP contribution is 2.50. The zero-order chi connectivity index (χ0) is 13.4. The summed E-state index contributed by atoms with van der Waals surface area (Å²) >= 11 is 3.67. The van der Waals surface area contributed by atoms with E-state index in [0.717, 1.165) is 24.2 Å². The van der Waals surface area contributed by atoms with Crippen LogP contribution in [-0.4, -0.2) is 4.83 Å². The number of benzene rings is 1. The van der Waals surface area contributed by atoms with Crippen LogP contribution < -0.4 is 0 Å². The van der Waals surface area contributed by atoms with Crippen molar-refractivity contribution in [2.75, 3.05) is 0 Å². The summed E-state index contributed by atoms with van der Waals surface area (Å²) in [5, 5.41) is 0. The molecule has 2 aliphatic carbocycles. The summed E-state index contributed by atoms with van der Waals surface area (Å²) < 4.78 is 26.8. The van der Waals surface area contributed by atoms with Crippen LogP contribution in [0.4, 0.5) is 8.78 Å². The molecular weight excluding hydrogens is 310 g/mol. The fourth-order valence-corrected chi connectivity index (χ4v) is 4.85. The van der Waals surface area contributed by atoms with Gasteiger partial charge < -0.3 is 0 Å². The maximum Gasteiger partial charge on any atom is 0.162 e. The Morgan fingerprint density at radius 3 is 2.74 bits per heavy atom. The first-order chi connectivity index (χ1) is 9.13. The summed E-state index contributed by atoms with van der Waals surface area (Å²) in [5.41, 5.74) is 0.491. The largest absolute Gasteiger partial charge is 0.204 e. The molecule has 0 aromatic heterocycles. The minimum Gasteiger partial charge on any atom is -0.204 e. The van der Waals surface area contributed by atoms with Gasteiger partial charge in [0.05, 0.1) is 0 Å². The van der Waals surface area contributed by atoms with E-state index < -0.39 is 11.6 Å². The van der Waals surface area contributed by atoms with Gasteiger partial charge in [-0.15, -0.1) is 0 Å². The second-order valence-corrected chi connectivity index (χ2v) is 7.48. The van der Waals surface area contributed by atoms with Gasteiger partial charge in [0.2, 0.25) is 0 Å². The number of rotatable bonds is 4. The van der Waals surface area contributed by atoms with Crippen molar-refractivity contribution in [1.82, 2.24) is 0 Å². The van der Waals surface area contributed by atoms with Crippen LogP contribution in [0.25, 0.3) is 0 Å². The van der Waals surface area contributed by atoms with Crippen molar-refractivity contribution in [3.05, 3.63) is 35.4 Å². The molecule has 0 aliphatic heterocycles. The van der Waals surface area contributed by atoms with Gasteiger partial charge in [-0.25, -0.2) is 8.78 Å². The van der Waals surface area contributed by atoms with Crippen LogP contribution >= 0.6 is 15.9 Å². The van der Waals surface area contributed by atoms with Crippen molar-refractivity contribution in [2.24, 2.45) is 17.8 Å². The molecule has 0 saturated heterocycles. The minimum atomic E-state index is -0.739. The van der Waals surface area contributed by atoms with E-state index in [-0.39, 0.29) is 4.83 Å². The van der Waals surface area contributed by atoms with E-state index in [9.17, 15) is 8.78 Å². The lowest BCUT2D eigenvalue weighted by molar-refractivity contribution is 0.312. The Morgan fingerprint density at radius 2 is 2.05 bits per heavy atom. The monoisotopic (exact) mass is 328 g/mol. The lowest BCUT2D eigenvalue weighted by Gasteiger charge is -2.24. The van der Waals surface area contributed by atoms with E-state index in [0.29, 0.717) is 12.0 Å². The van der Waals surface area contributed by atoms with Gasteiger partial charge in [0.15, 0.2) is 11.6 Å². The van der Waals surface area contributed by atoms with Gasteiger partial charge in [-0.3, -0.25) is 0 Å². The van der Waals surface area contributed by atoms with Crippen molar-refractivity contribution in [1.29, 1.82) is 0 Å². The Labute approximate surface area is 121 Å². The molecule has 2 saturated carbocycles.